The van der Waals surface area contributed by atoms with E-state index in [-0.39, 0.29) is 24.8 Å². The standard InChI is InChI=1S/C22H26N2O4/c1-14-11-15(2)21(16(3)12-14)24(17(4)25)10-9-20(26)23-19-8-6-7-18(13-19)22(27)28-5/h6-8,11-13H,9-10H2,1-5H3,(H,23,26). The number of rotatable bonds is 6. The van der Waals surface area contributed by atoms with Gasteiger partial charge in [0, 0.05) is 31.3 Å². The second-order valence-electron chi connectivity index (χ2n) is 6.79. The monoisotopic (exact) mass is 382 g/mol. The number of hydrogen-bond acceptors (Lipinski definition) is 4. The van der Waals surface area contributed by atoms with Gasteiger partial charge in [0.25, 0.3) is 0 Å². The molecule has 0 heterocycles. The summed E-state index contributed by atoms with van der Waals surface area (Å²) in [7, 11) is 1.30. The molecule has 0 saturated carbocycles. The van der Waals surface area contributed by atoms with Crippen molar-refractivity contribution in [3.8, 4) is 0 Å². The first-order valence-corrected chi connectivity index (χ1v) is 9.07. The van der Waals surface area contributed by atoms with Crippen LogP contribution in [0.4, 0.5) is 11.4 Å². The Balaban J connectivity index is 2.10. The molecule has 0 unspecified atom stereocenters. The molecule has 0 radical (unpaired) electrons. The summed E-state index contributed by atoms with van der Waals surface area (Å²) in [6, 6.07) is 10.6. The summed E-state index contributed by atoms with van der Waals surface area (Å²) in [5.41, 5.74) is 4.84. The van der Waals surface area contributed by atoms with Gasteiger partial charge < -0.3 is 15.0 Å². The molecule has 0 bridgehead atoms. The lowest BCUT2D eigenvalue weighted by Crippen LogP contribution is -2.33. The van der Waals surface area contributed by atoms with Crippen LogP contribution < -0.4 is 10.2 Å². The first-order chi connectivity index (χ1) is 13.2. The Kier molecular flexibility index (Phi) is 6.93. The highest BCUT2D eigenvalue weighted by Gasteiger charge is 2.18. The fourth-order valence-corrected chi connectivity index (χ4v) is 3.30. The van der Waals surface area contributed by atoms with Crippen LogP contribution in [0, 0.1) is 20.8 Å². The van der Waals surface area contributed by atoms with Crippen molar-refractivity contribution in [1.82, 2.24) is 0 Å². The highest BCUT2D eigenvalue weighted by molar-refractivity contribution is 5.97. The van der Waals surface area contributed by atoms with Crippen LogP contribution >= 0.6 is 0 Å². The SMILES string of the molecule is COC(=O)c1cccc(NC(=O)CCN(C(C)=O)c2c(C)cc(C)cc2C)c1. The molecule has 0 spiro atoms. The van der Waals surface area contributed by atoms with E-state index in [1.807, 2.05) is 32.9 Å². The molecule has 0 aliphatic carbocycles. The summed E-state index contributed by atoms with van der Waals surface area (Å²) >= 11 is 0. The van der Waals surface area contributed by atoms with Gasteiger partial charge in [0.1, 0.15) is 0 Å². The molecule has 0 fully saturated rings. The molecule has 28 heavy (non-hydrogen) atoms. The van der Waals surface area contributed by atoms with Gasteiger partial charge in [0.05, 0.1) is 12.7 Å². The smallest absolute Gasteiger partial charge is 0.337 e. The lowest BCUT2D eigenvalue weighted by molar-refractivity contribution is -0.117. The molecule has 0 aliphatic rings. The van der Waals surface area contributed by atoms with Crippen LogP contribution in [-0.4, -0.2) is 31.4 Å². The third-order valence-electron chi connectivity index (χ3n) is 4.42. The third kappa shape index (κ3) is 5.19. The van der Waals surface area contributed by atoms with E-state index in [1.165, 1.54) is 14.0 Å². The summed E-state index contributed by atoms with van der Waals surface area (Å²) in [6.07, 6.45) is 0.134. The zero-order valence-corrected chi connectivity index (χ0v) is 17.0. The van der Waals surface area contributed by atoms with Gasteiger partial charge in [-0.25, -0.2) is 4.79 Å². The van der Waals surface area contributed by atoms with Crippen molar-refractivity contribution in [3.05, 3.63) is 58.7 Å². The average Bonchev–Trinajstić information content (AvgIpc) is 2.62. The molecule has 0 aromatic heterocycles. The van der Waals surface area contributed by atoms with Gasteiger partial charge in [-0.1, -0.05) is 23.8 Å². The van der Waals surface area contributed by atoms with Crippen molar-refractivity contribution in [2.75, 3.05) is 23.9 Å². The van der Waals surface area contributed by atoms with Crippen LogP contribution in [0.3, 0.4) is 0 Å². The van der Waals surface area contributed by atoms with Gasteiger partial charge in [-0.2, -0.15) is 0 Å². The van der Waals surface area contributed by atoms with Crippen molar-refractivity contribution in [1.29, 1.82) is 0 Å². The number of esters is 1. The first kappa shape index (κ1) is 21.2. The maximum Gasteiger partial charge on any atom is 0.337 e. The highest BCUT2D eigenvalue weighted by Crippen LogP contribution is 2.26. The molecule has 148 valence electrons. The van der Waals surface area contributed by atoms with Crippen LogP contribution in [-0.2, 0) is 14.3 Å². The summed E-state index contributed by atoms with van der Waals surface area (Å²) < 4.78 is 4.69. The van der Waals surface area contributed by atoms with Gasteiger partial charge in [-0.15, -0.1) is 0 Å². The van der Waals surface area contributed by atoms with E-state index < -0.39 is 5.97 Å². The topological polar surface area (TPSA) is 75.7 Å². The molecule has 2 amide bonds. The third-order valence-corrected chi connectivity index (χ3v) is 4.42. The molecule has 2 aromatic rings. The molecule has 1 N–H and O–H groups in total. The quantitative estimate of drug-likeness (QED) is 0.772. The summed E-state index contributed by atoms with van der Waals surface area (Å²) in [5.74, 6) is -0.824. The number of aryl methyl sites for hydroxylation is 3. The number of carbonyl (C=O) groups is 3. The Bertz CT molecular complexity index is 882. The maximum atomic E-state index is 12.4. The Hall–Kier alpha value is -3.15. The Morgan fingerprint density at radius 1 is 1.04 bits per heavy atom. The molecule has 0 atom stereocenters. The minimum Gasteiger partial charge on any atom is -0.465 e. The van der Waals surface area contributed by atoms with Crippen LogP contribution in [0.25, 0.3) is 0 Å². The number of nitrogens with zero attached hydrogens (tertiary/aromatic N) is 1. The number of benzene rings is 2. The van der Waals surface area contributed by atoms with Crippen molar-refractivity contribution in [3.63, 3.8) is 0 Å². The summed E-state index contributed by atoms with van der Waals surface area (Å²) in [6.45, 7) is 7.70. The van der Waals surface area contributed by atoms with Crippen LogP contribution in [0.1, 0.15) is 40.4 Å². The summed E-state index contributed by atoms with van der Waals surface area (Å²) in [4.78, 5) is 37.8. The first-order valence-electron chi connectivity index (χ1n) is 9.07. The molecule has 2 aromatic carbocycles. The number of amides is 2. The van der Waals surface area contributed by atoms with Gasteiger partial charge in [0.15, 0.2) is 0 Å². The van der Waals surface area contributed by atoms with Gasteiger partial charge in [-0.05, 0) is 50.1 Å². The van der Waals surface area contributed by atoms with E-state index in [1.54, 1.807) is 29.2 Å². The molecule has 0 aliphatic heterocycles. The predicted molar refractivity (Wildman–Crippen MR) is 110 cm³/mol. The van der Waals surface area contributed by atoms with Crippen molar-refractivity contribution < 1.29 is 19.1 Å². The van der Waals surface area contributed by atoms with Crippen molar-refractivity contribution in [2.45, 2.75) is 34.1 Å². The number of nitrogens with one attached hydrogen (secondary N) is 1. The Morgan fingerprint density at radius 2 is 1.68 bits per heavy atom. The molecule has 6 heteroatoms. The predicted octanol–water partition coefficient (Wildman–Crippen LogP) is 3.78. The number of methoxy groups -OCH3 is 1. The van der Waals surface area contributed by atoms with E-state index in [9.17, 15) is 14.4 Å². The number of hydrogen-bond donors (Lipinski definition) is 1. The molecule has 6 nitrogen and oxygen atoms in total. The fraction of sp³-hybridized carbons (Fsp3) is 0.318. The molecular formula is C22H26N2O4. The minimum atomic E-state index is -0.468. The average molecular weight is 382 g/mol. The Labute approximate surface area is 165 Å². The van der Waals surface area contributed by atoms with Crippen molar-refractivity contribution in [2.24, 2.45) is 0 Å². The lowest BCUT2D eigenvalue weighted by Gasteiger charge is -2.25. The second kappa shape index (κ2) is 9.17. The number of anilines is 2. The van der Waals surface area contributed by atoms with E-state index in [0.29, 0.717) is 11.3 Å². The maximum absolute atomic E-state index is 12.4. The molecular weight excluding hydrogens is 356 g/mol. The van der Waals surface area contributed by atoms with Gasteiger partial charge >= 0.3 is 5.97 Å². The van der Waals surface area contributed by atoms with Crippen molar-refractivity contribution >= 4 is 29.2 Å². The summed E-state index contributed by atoms with van der Waals surface area (Å²) in [5, 5.41) is 2.76. The van der Waals surface area contributed by atoms with E-state index >= 15 is 0 Å². The van der Waals surface area contributed by atoms with Gasteiger partial charge in [-0.3, -0.25) is 9.59 Å². The number of carbonyl (C=O) groups excluding carboxylic acids is 3. The van der Waals surface area contributed by atoms with Crippen LogP contribution in [0.15, 0.2) is 36.4 Å². The minimum absolute atomic E-state index is 0.115. The fourth-order valence-electron chi connectivity index (χ4n) is 3.30. The Morgan fingerprint density at radius 3 is 2.25 bits per heavy atom. The highest BCUT2D eigenvalue weighted by atomic mass is 16.5. The van der Waals surface area contributed by atoms with Crippen LogP contribution in [0.5, 0.6) is 0 Å². The molecule has 2 rings (SSSR count). The van der Waals surface area contributed by atoms with E-state index in [0.717, 1.165) is 22.4 Å². The normalized spacial score (nSPS) is 10.3. The zero-order chi connectivity index (χ0) is 20.8. The second-order valence-corrected chi connectivity index (χ2v) is 6.79. The van der Waals surface area contributed by atoms with E-state index in [4.69, 9.17) is 0 Å². The lowest BCUT2D eigenvalue weighted by atomic mass is 10.0. The van der Waals surface area contributed by atoms with Crippen LogP contribution in [0.2, 0.25) is 0 Å². The zero-order valence-electron chi connectivity index (χ0n) is 17.0. The molecule has 0 saturated heterocycles. The number of ether oxygens (including phenoxy) is 1. The largest absolute Gasteiger partial charge is 0.465 e. The van der Waals surface area contributed by atoms with Gasteiger partial charge in [0.2, 0.25) is 11.8 Å². The van der Waals surface area contributed by atoms with E-state index in [2.05, 4.69) is 10.1 Å².